The molecule has 1 aromatic rings. The molecule has 0 bridgehead atoms. The van der Waals surface area contributed by atoms with Gasteiger partial charge >= 0.3 is 0 Å². The van der Waals surface area contributed by atoms with Gasteiger partial charge in [0.2, 0.25) is 0 Å². The highest BCUT2D eigenvalue weighted by Gasteiger charge is 2.25. The Hall–Kier alpha value is -0.970. The number of ether oxygens (including phenoxy) is 2. The first-order valence-corrected chi connectivity index (χ1v) is 5.82. The second kappa shape index (κ2) is 5.12. The quantitative estimate of drug-likeness (QED) is 0.888. The minimum absolute atomic E-state index is 0.206. The summed E-state index contributed by atoms with van der Waals surface area (Å²) >= 11 is 6.03. The molecular formula is C12H16ClNO3. The number of hydrogen-bond acceptors (Lipinski definition) is 4. The molecule has 1 aliphatic rings. The molecule has 94 valence electrons. The van der Waals surface area contributed by atoms with Gasteiger partial charge in [0.15, 0.2) is 11.5 Å². The topological polar surface area (TPSA) is 41.9 Å². The molecular weight excluding hydrogens is 242 g/mol. The lowest BCUT2D eigenvalue weighted by molar-refractivity contribution is -0.00325. The zero-order valence-corrected chi connectivity index (χ0v) is 10.7. The van der Waals surface area contributed by atoms with Crippen LogP contribution < -0.4 is 9.47 Å². The van der Waals surface area contributed by atoms with E-state index >= 15 is 0 Å². The SMILES string of the molecule is COc1cc(Cl)cc(CN2CC(O)C2)c1OC. The van der Waals surface area contributed by atoms with Crippen LogP contribution in [0.4, 0.5) is 0 Å². The van der Waals surface area contributed by atoms with Crippen molar-refractivity contribution in [3.63, 3.8) is 0 Å². The van der Waals surface area contributed by atoms with Crippen molar-refractivity contribution >= 4 is 11.6 Å². The average molecular weight is 258 g/mol. The van der Waals surface area contributed by atoms with Gasteiger partial charge in [0.25, 0.3) is 0 Å². The van der Waals surface area contributed by atoms with E-state index in [4.69, 9.17) is 21.1 Å². The number of aliphatic hydroxyl groups excluding tert-OH is 1. The van der Waals surface area contributed by atoms with Gasteiger partial charge in [-0.25, -0.2) is 0 Å². The molecule has 1 heterocycles. The number of methoxy groups -OCH3 is 2. The van der Waals surface area contributed by atoms with Crippen LogP contribution in [-0.2, 0) is 6.54 Å². The molecule has 0 atom stereocenters. The van der Waals surface area contributed by atoms with E-state index in [2.05, 4.69) is 4.90 Å². The van der Waals surface area contributed by atoms with Crippen LogP contribution in [0.25, 0.3) is 0 Å². The maximum absolute atomic E-state index is 9.25. The first kappa shape index (κ1) is 12.5. The fourth-order valence-electron chi connectivity index (χ4n) is 2.04. The molecule has 0 saturated carbocycles. The van der Waals surface area contributed by atoms with Crippen LogP contribution in [0.15, 0.2) is 12.1 Å². The zero-order chi connectivity index (χ0) is 12.4. The Morgan fingerprint density at radius 3 is 2.59 bits per heavy atom. The lowest BCUT2D eigenvalue weighted by Gasteiger charge is -2.36. The summed E-state index contributed by atoms with van der Waals surface area (Å²) in [5.41, 5.74) is 0.976. The van der Waals surface area contributed by atoms with Gasteiger partial charge in [-0.1, -0.05) is 11.6 Å². The third-order valence-electron chi connectivity index (χ3n) is 2.85. The summed E-state index contributed by atoms with van der Waals surface area (Å²) < 4.78 is 10.6. The second-order valence-electron chi connectivity index (χ2n) is 4.15. The number of halogens is 1. The van der Waals surface area contributed by atoms with E-state index in [1.54, 1.807) is 20.3 Å². The summed E-state index contributed by atoms with van der Waals surface area (Å²) in [6.07, 6.45) is -0.206. The van der Waals surface area contributed by atoms with E-state index < -0.39 is 0 Å². The number of aliphatic hydroxyl groups is 1. The fraction of sp³-hybridized carbons (Fsp3) is 0.500. The van der Waals surface area contributed by atoms with Crippen molar-refractivity contribution in [3.8, 4) is 11.5 Å². The molecule has 4 nitrogen and oxygen atoms in total. The maximum Gasteiger partial charge on any atom is 0.165 e. The number of β-amino-alcohol motifs (C(OH)–C–C–N with tert-alkyl or cyclic N) is 1. The average Bonchev–Trinajstić information content (AvgIpc) is 2.26. The summed E-state index contributed by atoms with van der Waals surface area (Å²) in [5, 5.41) is 9.88. The van der Waals surface area contributed by atoms with Crippen LogP contribution in [0.5, 0.6) is 11.5 Å². The molecule has 1 aromatic carbocycles. The smallest absolute Gasteiger partial charge is 0.165 e. The largest absolute Gasteiger partial charge is 0.493 e. The van der Waals surface area contributed by atoms with Crippen molar-refractivity contribution in [1.82, 2.24) is 4.90 Å². The lowest BCUT2D eigenvalue weighted by atomic mass is 10.1. The van der Waals surface area contributed by atoms with Gasteiger partial charge in [0.05, 0.1) is 20.3 Å². The van der Waals surface area contributed by atoms with E-state index in [0.717, 1.165) is 5.56 Å². The number of hydrogen-bond donors (Lipinski definition) is 1. The molecule has 2 rings (SSSR count). The van der Waals surface area contributed by atoms with Crippen LogP contribution in [-0.4, -0.2) is 43.4 Å². The van der Waals surface area contributed by atoms with Gasteiger partial charge in [-0.15, -0.1) is 0 Å². The lowest BCUT2D eigenvalue weighted by Crippen LogP contribution is -2.49. The molecule has 0 radical (unpaired) electrons. The molecule has 5 heteroatoms. The van der Waals surface area contributed by atoms with Crippen molar-refractivity contribution < 1.29 is 14.6 Å². The van der Waals surface area contributed by atoms with Crippen LogP contribution in [0.1, 0.15) is 5.56 Å². The van der Waals surface area contributed by atoms with Gasteiger partial charge < -0.3 is 14.6 Å². The van der Waals surface area contributed by atoms with Gasteiger partial charge in [-0.3, -0.25) is 4.90 Å². The molecule has 1 saturated heterocycles. The first-order chi connectivity index (χ1) is 8.13. The van der Waals surface area contributed by atoms with Crippen LogP contribution >= 0.6 is 11.6 Å². The fourth-order valence-corrected chi connectivity index (χ4v) is 2.27. The second-order valence-corrected chi connectivity index (χ2v) is 4.58. The Morgan fingerprint density at radius 2 is 2.06 bits per heavy atom. The number of rotatable bonds is 4. The number of nitrogens with zero attached hydrogens (tertiary/aromatic N) is 1. The third kappa shape index (κ3) is 2.65. The van der Waals surface area contributed by atoms with E-state index in [9.17, 15) is 5.11 Å². The Bertz CT molecular complexity index is 405. The number of likely N-dealkylation sites (tertiary alicyclic amines) is 1. The van der Waals surface area contributed by atoms with Gasteiger partial charge in [0.1, 0.15) is 0 Å². The molecule has 17 heavy (non-hydrogen) atoms. The molecule has 1 aliphatic heterocycles. The van der Waals surface area contributed by atoms with Crippen molar-refractivity contribution in [2.24, 2.45) is 0 Å². The highest BCUT2D eigenvalue weighted by molar-refractivity contribution is 6.30. The predicted octanol–water partition coefficient (Wildman–Crippen LogP) is 1.53. The van der Waals surface area contributed by atoms with Crippen molar-refractivity contribution in [2.75, 3.05) is 27.3 Å². The minimum atomic E-state index is -0.206. The zero-order valence-electron chi connectivity index (χ0n) is 9.94. The van der Waals surface area contributed by atoms with Crippen molar-refractivity contribution in [3.05, 3.63) is 22.7 Å². The Morgan fingerprint density at radius 1 is 1.35 bits per heavy atom. The van der Waals surface area contributed by atoms with Gasteiger partial charge in [-0.05, 0) is 6.07 Å². The third-order valence-corrected chi connectivity index (χ3v) is 3.07. The Labute approximate surface area is 106 Å². The molecule has 0 unspecified atom stereocenters. The van der Waals surface area contributed by atoms with Crippen LogP contribution in [0.3, 0.4) is 0 Å². The summed E-state index contributed by atoms with van der Waals surface area (Å²) in [4.78, 5) is 2.12. The summed E-state index contributed by atoms with van der Waals surface area (Å²) in [6, 6.07) is 3.60. The molecule has 1 fully saturated rings. The molecule has 0 aromatic heterocycles. The minimum Gasteiger partial charge on any atom is -0.493 e. The summed E-state index contributed by atoms with van der Waals surface area (Å²) in [6.45, 7) is 2.09. The maximum atomic E-state index is 9.25. The van der Waals surface area contributed by atoms with Crippen molar-refractivity contribution in [1.29, 1.82) is 0 Å². The Balaban J connectivity index is 2.21. The molecule has 0 amide bonds. The summed E-state index contributed by atoms with van der Waals surface area (Å²) in [7, 11) is 3.20. The van der Waals surface area contributed by atoms with Gasteiger partial charge in [0, 0.05) is 36.3 Å². The van der Waals surface area contributed by atoms with E-state index in [1.807, 2.05) is 6.07 Å². The monoisotopic (exact) mass is 257 g/mol. The highest BCUT2D eigenvalue weighted by Crippen LogP contribution is 2.35. The number of benzene rings is 1. The molecule has 0 aliphatic carbocycles. The normalized spacial score (nSPS) is 16.7. The first-order valence-electron chi connectivity index (χ1n) is 5.45. The van der Waals surface area contributed by atoms with E-state index in [0.29, 0.717) is 36.2 Å². The highest BCUT2D eigenvalue weighted by atomic mass is 35.5. The molecule has 1 N–H and O–H groups in total. The van der Waals surface area contributed by atoms with E-state index in [1.165, 1.54) is 0 Å². The van der Waals surface area contributed by atoms with Gasteiger partial charge in [-0.2, -0.15) is 0 Å². The summed E-state index contributed by atoms with van der Waals surface area (Å²) in [5.74, 6) is 1.34. The van der Waals surface area contributed by atoms with Crippen LogP contribution in [0.2, 0.25) is 5.02 Å². The van der Waals surface area contributed by atoms with E-state index in [-0.39, 0.29) is 6.10 Å². The van der Waals surface area contributed by atoms with Crippen molar-refractivity contribution in [2.45, 2.75) is 12.6 Å². The Kier molecular flexibility index (Phi) is 3.76. The predicted molar refractivity (Wildman–Crippen MR) is 65.8 cm³/mol. The van der Waals surface area contributed by atoms with Crippen LogP contribution in [0, 0.1) is 0 Å². The standard InChI is InChI=1S/C12H16ClNO3/c1-16-11-4-9(13)3-8(12(11)17-2)5-14-6-10(15)7-14/h3-4,10,15H,5-7H2,1-2H3. The molecule has 0 spiro atoms.